The maximum Gasteiger partial charge on any atom is 0.156 e. The zero-order valence-electron chi connectivity index (χ0n) is 10.3. The van der Waals surface area contributed by atoms with E-state index >= 15 is 0 Å². The van der Waals surface area contributed by atoms with Gasteiger partial charge in [0, 0.05) is 18.8 Å². The van der Waals surface area contributed by atoms with Crippen molar-refractivity contribution in [3.63, 3.8) is 0 Å². The first-order valence-electron chi connectivity index (χ1n) is 5.55. The lowest BCUT2D eigenvalue weighted by Crippen LogP contribution is -2.32. The Morgan fingerprint density at radius 1 is 1.47 bits per heavy atom. The Balaban J connectivity index is 2.15. The molecule has 1 aliphatic heterocycles. The predicted octanol–water partition coefficient (Wildman–Crippen LogP) is 1.66. The summed E-state index contributed by atoms with van der Waals surface area (Å²) in [5, 5.41) is 4.53. The Morgan fingerprint density at radius 3 is 2.73 bits per heavy atom. The molecule has 88 valence electrons. The van der Waals surface area contributed by atoms with Gasteiger partial charge in [-0.25, -0.2) is 0 Å². The molecule has 1 N–H and O–H groups in total. The molecule has 0 amide bonds. The Morgan fingerprint density at radius 2 is 2.20 bits per heavy atom. The van der Waals surface area contributed by atoms with Gasteiger partial charge in [0.25, 0.3) is 0 Å². The van der Waals surface area contributed by atoms with Crippen LogP contribution in [0, 0.1) is 5.41 Å². The topological polar surface area (TPSA) is 27.6 Å². The van der Waals surface area contributed by atoms with Crippen molar-refractivity contribution < 1.29 is 0 Å². The van der Waals surface area contributed by atoms with Gasteiger partial charge in [-0.2, -0.15) is 0 Å². The van der Waals surface area contributed by atoms with Gasteiger partial charge in [-0.15, -0.1) is 0 Å². The summed E-state index contributed by atoms with van der Waals surface area (Å²) < 4.78 is 0. The van der Waals surface area contributed by atoms with E-state index in [0.717, 1.165) is 24.8 Å². The number of hydrogen-bond acceptors (Lipinski definition) is 4. The van der Waals surface area contributed by atoms with Crippen molar-refractivity contribution in [3.05, 3.63) is 0 Å². The Labute approximate surface area is 97.7 Å². The lowest BCUT2D eigenvalue weighted by atomic mass is 9.97. The number of nitrogens with one attached hydrogen (secondary N) is 1. The smallest absolute Gasteiger partial charge is 0.156 e. The first kappa shape index (κ1) is 12.8. The largest absolute Gasteiger partial charge is 0.365 e. The SMILES string of the molecule is CN(C)CCCNC1=NCC(C)(C)CS1. The number of nitrogens with zero attached hydrogens (tertiary/aromatic N) is 2. The monoisotopic (exact) mass is 229 g/mol. The van der Waals surface area contributed by atoms with Crippen LogP contribution in [0.1, 0.15) is 20.3 Å². The molecule has 0 bridgehead atoms. The molecule has 0 aliphatic carbocycles. The standard InChI is InChI=1S/C11H23N3S/c1-11(2)8-13-10(15-9-11)12-6-5-7-14(3)4/h5-9H2,1-4H3,(H,12,13). The van der Waals surface area contributed by atoms with Crippen LogP contribution < -0.4 is 5.32 Å². The van der Waals surface area contributed by atoms with Crippen LogP contribution >= 0.6 is 11.8 Å². The maximum atomic E-state index is 4.55. The molecule has 0 saturated carbocycles. The van der Waals surface area contributed by atoms with E-state index < -0.39 is 0 Å². The molecule has 15 heavy (non-hydrogen) atoms. The van der Waals surface area contributed by atoms with Crippen LogP contribution in [0.25, 0.3) is 0 Å². The van der Waals surface area contributed by atoms with Crippen molar-refractivity contribution in [2.45, 2.75) is 20.3 Å². The minimum atomic E-state index is 0.374. The number of rotatable bonds is 4. The normalized spacial score (nSPS) is 20.2. The number of thioether (sulfide) groups is 1. The molecular formula is C11H23N3S. The van der Waals surface area contributed by atoms with Crippen molar-refractivity contribution in [1.29, 1.82) is 0 Å². The van der Waals surface area contributed by atoms with Crippen molar-refractivity contribution in [2.75, 3.05) is 39.5 Å². The molecule has 0 aromatic rings. The fourth-order valence-electron chi connectivity index (χ4n) is 1.34. The van der Waals surface area contributed by atoms with E-state index in [1.165, 1.54) is 12.2 Å². The highest BCUT2D eigenvalue weighted by molar-refractivity contribution is 8.13. The van der Waals surface area contributed by atoms with Gasteiger partial charge in [0.1, 0.15) is 0 Å². The number of hydrogen-bond donors (Lipinski definition) is 1. The van der Waals surface area contributed by atoms with Crippen LogP contribution in [0.15, 0.2) is 4.99 Å². The van der Waals surface area contributed by atoms with Crippen LogP contribution in [0.3, 0.4) is 0 Å². The number of aliphatic imine (C=N–C) groups is 1. The molecule has 0 aromatic carbocycles. The highest BCUT2D eigenvalue weighted by Crippen LogP contribution is 2.26. The van der Waals surface area contributed by atoms with Crippen LogP contribution in [-0.4, -0.2) is 49.6 Å². The molecule has 0 aromatic heterocycles. The summed E-state index contributed by atoms with van der Waals surface area (Å²) in [5.41, 5.74) is 0.374. The Kier molecular flexibility index (Phi) is 4.93. The third-order valence-electron chi connectivity index (χ3n) is 2.31. The molecular weight excluding hydrogens is 206 g/mol. The lowest BCUT2D eigenvalue weighted by Gasteiger charge is -2.27. The molecule has 0 unspecified atom stereocenters. The van der Waals surface area contributed by atoms with Crippen LogP contribution in [0.5, 0.6) is 0 Å². The Bertz CT molecular complexity index is 224. The van der Waals surface area contributed by atoms with Gasteiger partial charge < -0.3 is 10.2 Å². The summed E-state index contributed by atoms with van der Waals surface area (Å²) in [4.78, 5) is 6.76. The summed E-state index contributed by atoms with van der Waals surface area (Å²) in [6.45, 7) is 7.66. The summed E-state index contributed by atoms with van der Waals surface area (Å²) in [5.74, 6) is 1.17. The van der Waals surface area contributed by atoms with Gasteiger partial charge >= 0.3 is 0 Å². The average Bonchev–Trinajstić information content (AvgIpc) is 2.14. The molecule has 0 radical (unpaired) electrons. The van der Waals surface area contributed by atoms with Crippen LogP contribution in [0.2, 0.25) is 0 Å². The van der Waals surface area contributed by atoms with Gasteiger partial charge in [0.05, 0.1) is 0 Å². The van der Waals surface area contributed by atoms with E-state index in [2.05, 4.69) is 43.2 Å². The van der Waals surface area contributed by atoms with Gasteiger partial charge in [0.2, 0.25) is 0 Å². The third kappa shape index (κ3) is 5.42. The van der Waals surface area contributed by atoms with E-state index in [4.69, 9.17) is 0 Å². The summed E-state index contributed by atoms with van der Waals surface area (Å²) in [7, 11) is 4.21. The minimum Gasteiger partial charge on any atom is -0.365 e. The van der Waals surface area contributed by atoms with Gasteiger partial charge in [-0.05, 0) is 32.5 Å². The van der Waals surface area contributed by atoms with Gasteiger partial charge in [-0.1, -0.05) is 25.6 Å². The second-order valence-electron chi connectivity index (χ2n) is 5.16. The fourth-order valence-corrected chi connectivity index (χ4v) is 2.32. The molecule has 0 spiro atoms. The van der Waals surface area contributed by atoms with E-state index in [1.807, 2.05) is 11.8 Å². The molecule has 0 atom stereocenters. The van der Waals surface area contributed by atoms with E-state index in [0.29, 0.717) is 5.41 Å². The molecule has 4 heteroatoms. The number of amidine groups is 1. The van der Waals surface area contributed by atoms with Crippen LogP contribution in [-0.2, 0) is 0 Å². The van der Waals surface area contributed by atoms with Gasteiger partial charge in [-0.3, -0.25) is 4.99 Å². The highest BCUT2D eigenvalue weighted by Gasteiger charge is 2.22. The van der Waals surface area contributed by atoms with E-state index in [9.17, 15) is 0 Å². The fraction of sp³-hybridized carbons (Fsp3) is 0.909. The maximum absolute atomic E-state index is 4.55. The molecule has 0 saturated heterocycles. The van der Waals surface area contributed by atoms with Crippen LogP contribution in [0.4, 0.5) is 0 Å². The second kappa shape index (κ2) is 5.75. The molecule has 1 aliphatic rings. The molecule has 1 heterocycles. The van der Waals surface area contributed by atoms with Crippen molar-refractivity contribution in [1.82, 2.24) is 10.2 Å². The van der Waals surface area contributed by atoms with Crippen molar-refractivity contribution >= 4 is 16.9 Å². The van der Waals surface area contributed by atoms with Gasteiger partial charge in [0.15, 0.2) is 5.17 Å². The van der Waals surface area contributed by atoms with E-state index in [1.54, 1.807) is 0 Å². The lowest BCUT2D eigenvalue weighted by molar-refractivity contribution is 0.399. The summed E-state index contributed by atoms with van der Waals surface area (Å²) >= 11 is 1.85. The second-order valence-corrected chi connectivity index (χ2v) is 6.12. The molecule has 0 fully saturated rings. The van der Waals surface area contributed by atoms with E-state index in [-0.39, 0.29) is 0 Å². The average molecular weight is 229 g/mol. The first-order valence-corrected chi connectivity index (χ1v) is 6.54. The molecule has 3 nitrogen and oxygen atoms in total. The predicted molar refractivity (Wildman–Crippen MR) is 69.7 cm³/mol. The van der Waals surface area contributed by atoms with Crippen molar-refractivity contribution in [3.8, 4) is 0 Å². The highest BCUT2D eigenvalue weighted by atomic mass is 32.2. The summed E-state index contributed by atoms with van der Waals surface area (Å²) in [6.07, 6.45) is 1.18. The first-order chi connectivity index (χ1) is 6.99. The zero-order chi connectivity index (χ0) is 11.3. The van der Waals surface area contributed by atoms with Crippen molar-refractivity contribution in [2.24, 2.45) is 10.4 Å². The third-order valence-corrected chi connectivity index (χ3v) is 3.78. The summed E-state index contributed by atoms with van der Waals surface area (Å²) in [6, 6.07) is 0. The molecule has 1 rings (SSSR count). The minimum absolute atomic E-state index is 0.374. The quantitative estimate of drug-likeness (QED) is 0.743. The Hall–Kier alpha value is -0.220. The zero-order valence-corrected chi connectivity index (χ0v) is 11.2.